The van der Waals surface area contributed by atoms with Gasteiger partial charge in [0, 0.05) is 12.6 Å². The van der Waals surface area contributed by atoms with Crippen LogP contribution in [0.25, 0.3) is 6.08 Å². The third-order valence-electron chi connectivity index (χ3n) is 4.69. The van der Waals surface area contributed by atoms with Crippen molar-refractivity contribution in [3.63, 3.8) is 0 Å². The summed E-state index contributed by atoms with van der Waals surface area (Å²) in [4.78, 5) is 14.4. The molecule has 28 heavy (non-hydrogen) atoms. The van der Waals surface area contributed by atoms with E-state index in [0.717, 1.165) is 11.1 Å². The highest BCUT2D eigenvalue weighted by Gasteiger charge is 2.24. The van der Waals surface area contributed by atoms with Gasteiger partial charge in [-0.15, -0.1) is 5.10 Å². The van der Waals surface area contributed by atoms with Gasteiger partial charge in [0.15, 0.2) is 0 Å². The fourth-order valence-electron chi connectivity index (χ4n) is 3.22. The molecule has 142 valence electrons. The van der Waals surface area contributed by atoms with Gasteiger partial charge in [0.25, 0.3) is 0 Å². The summed E-state index contributed by atoms with van der Waals surface area (Å²) >= 11 is 0. The van der Waals surface area contributed by atoms with E-state index in [0.29, 0.717) is 31.9 Å². The topological polar surface area (TPSA) is 60.2 Å². The molecular formula is C22H22N4O2. The van der Waals surface area contributed by atoms with Crippen LogP contribution in [0.5, 0.6) is 0 Å². The highest BCUT2D eigenvalue weighted by molar-refractivity contribution is 5.91. The number of amides is 1. The molecule has 0 aliphatic carbocycles. The first-order valence-corrected chi connectivity index (χ1v) is 9.35. The van der Waals surface area contributed by atoms with Gasteiger partial charge in [0.1, 0.15) is 11.8 Å². The Morgan fingerprint density at radius 1 is 1.11 bits per heavy atom. The number of benzene rings is 2. The van der Waals surface area contributed by atoms with E-state index in [9.17, 15) is 4.79 Å². The van der Waals surface area contributed by atoms with E-state index in [2.05, 4.69) is 10.3 Å². The number of carbonyl (C=O) groups is 1. The summed E-state index contributed by atoms with van der Waals surface area (Å²) in [5.41, 5.74) is 2.91. The minimum absolute atomic E-state index is 0.0400. The third-order valence-corrected chi connectivity index (χ3v) is 4.69. The van der Waals surface area contributed by atoms with Crippen molar-refractivity contribution in [2.75, 3.05) is 19.7 Å². The van der Waals surface area contributed by atoms with E-state index in [4.69, 9.17) is 4.74 Å². The zero-order chi connectivity index (χ0) is 19.2. The minimum Gasteiger partial charge on any atom is -0.370 e. The van der Waals surface area contributed by atoms with Crippen LogP contribution in [0.15, 0.2) is 72.9 Å². The Morgan fingerprint density at radius 3 is 2.64 bits per heavy atom. The molecular weight excluding hydrogens is 352 g/mol. The van der Waals surface area contributed by atoms with Crippen LogP contribution in [0.3, 0.4) is 0 Å². The summed E-state index contributed by atoms with van der Waals surface area (Å²) in [6.07, 6.45) is 5.02. The molecule has 6 nitrogen and oxygen atoms in total. The first-order chi connectivity index (χ1) is 13.8. The van der Waals surface area contributed by atoms with Crippen molar-refractivity contribution >= 4 is 12.0 Å². The van der Waals surface area contributed by atoms with Gasteiger partial charge in [-0.2, -0.15) is 0 Å². The number of aromatic nitrogens is 3. The molecule has 0 N–H and O–H groups in total. The molecule has 4 rings (SSSR count). The molecule has 1 atom stereocenters. The molecule has 1 fully saturated rings. The Kier molecular flexibility index (Phi) is 5.58. The van der Waals surface area contributed by atoms with Gasteiger partial charge < -0.3 is 9.64 Å². The van der Waals surface area contributed by atoms with Crippen LogP contribution in [0.2, 0.25) is 0 Å². The van der Waals surface area contributed by atoms with Crippen LogP contribution < -0.4 is 0 Å². The standard InChI is InChI=1S/C22H22N4O2/c27-22(25-13-14-28-21(17-25)19-9-5-2-6-10-19)12-11-20-16-26(24-23-20)15-18-7-3-1-4-8-18/h1-12,16,21H,13-15,17H2/b12-11+. The number of ether oxygens (including phenoxy) is 1. The van der Waals surface area contributed by atoms with Gasteiger partial charge >= 0.3 is 0 Å². The van der Waals surface area contributed by atoms with Gasteiger partial charge in [-0.05, 0) is 17.2 Å². The molecule has 1 aliphatic rings. The molecule has 0 bridgehead atoms. The lowest BCUT2D eigenvalue weighted by Crippen LogP contribution is -2.41. The predicted molar refractivity (Wildman–Crippen MR) is 106 cm³/mol. The number of hydrogen-bond donors (Lipinski definition) is 0. The molecule has 1 aliphatic heterocycles. The smallest absolute Gasteiger partial charge is 0.246 e. The van der Waals surface area contributed by atoms with Crippen LogP contribution >= 0.6 is 0 Å². The van der Waals surface area contributed by atoms with Crippen LogP contribution in [0.1, 0.15) is 22.9 Å². The fourth-order valence-corrected chi connectivity index (χ4v) is 3.22. The lowest BCUT2D eigenvalue weighted by molar-refractivity contribution is -0.133. The molecule has 1 unspecified atom stereocenters. The molecule has 2 heterocycles. The highest BCUT2D eigenvalue weighted by atomic mass is 16.5. The Labute approximate surface area is 164 Å². The summed E-state index contributed by atoms with van der Waals surface area (Å²) in [5, 5.41) is 8.25. The van der Waals surface area contributed by atoms with Crippen molar-refractivity contribution in [3.8, 4) is 0 Å². The number of carbonyl (C=O) groups excluding carboxylic acids is 1. The summed E-state index contributed by atoms with van der Waals surface area (Å²) in [5.74, 6) is -0.0400. The van der Waals surface area contributed by atoms with E-state index in [-0.39, 0.29) is 12.0 Å². The lowest BCUT2D eigenvalue weighted by Gasteiger charge is -2.32. The Morgan fingerprint density at radius 2 is 1.86 bits per heavy atom. The van der Waals surface area contributed by atoms with Gasteiger partial charge in [-0.1, -0.05) is 65.9 Å². The molecule has 0 radical (unpaired) electrons. The quantitative estimate of drug-likeness (QED) is 0.644. The van der Waals surface area contributed by atoms with Gasteiger partial charge in [0.05, 0.1) is 25.9 Å². The summed E-state index contributed by atoms with van der Waals surface area (Å²) in [6.45, 7) is 2.32. The first kappa shape index (κ1) is 18.1. The minimum atomic E-state index is -0.0842. The van der Waals surface area contributed by atoms with Gasteiger partial charge in [-0.25, -0.2) is 4.68 Å². The van der Waals surface area contributed by atoms with Crippen LogP contribution in [-0.2, 0) is 16.1 Å². The van der Waals surface area contributed by atoms with Crippen molar-refractivity contribution in [1.29, 1.82) is 0 Å². The zero-order valence-corrected chi connectivity index (χ0v) is 15.5. The highest BCUT2D eigenvalue weighted by Crippen LogP contribution is 2.22. The average Bonchev–Trinajstić information content (AvgIpc) is 3.21. The largest absolute Gasteiger partial charge is 0.370 e. The third kappa shape index (κ3) is 4.53. The number of rotatable bonds is 5. The molecule has 6 heteroatoms. The molecule has 1 saturated heterocycles. The van der Waals surface area contributed by atoms with E-state index in [1.165, 1.54) is 0 Å². The second-order valence-corrected chi connectivity index (χ2v) is 6.71. The van der Waals surface area contributed by atoms with Crippen molar-refractivity contribution in [2.45, 2.75) is 12.6 Å². The van der Waals surface area contributed by atoms with E-state index in [1.54, 1.807) is 16.8 Å². The molecule has 0 saturated carbocycles. The number of morpholine rings is 1. The monoisotopic (exact) mass is 374 g/mol. The van der Waals surface area contributed by atoms with Crippen LogP contribution in [0.4, 0.5) is 0 Å². The summed E-state index contributed by atoms with van der Waals surface area (Å²) < 4.78 is 7.59. The molecule has 3 aromatic rings. The second kappa shape index (κ2) is 8.63. The van der Waals surface area contributed by atoms with Crippen molar-refractivity contribution in [1.82, 2.24) is 19.9 Å². The van der Waals surface area contributed by atoms with Crippen molar-refractivity contribution in [2.24, 2.45) is 0 Å². The van der Waals surface area contributed by atoms with Crippen molar-refractivity contribution in [3.05, 3.63) is 89.8 Å². The molecule has 1 amide bonds. The molecule has 0 spiro atoms. The average molecular weight is 374 g/mol. The van der Waals surface area contributed by atoms with E-state index >= 15 is 0 Å². The van der Waals surface area contributed by atoms with E-state index < -0.39 is 0 Å². The first-order valence-electron chi connectivity index (χ1n) is 9.35. The zero-order valence-electron chi connectivity index (χ0n) is 15.5. The maximum absolute atomic E-state index is 12.6. The Hall–Kier alpha value is -3.25. The predicted octanol–water partition coefficient (Wildman–Crippen LogP) is 2.94. The van der Waals surface area contributed by atoms with Gasteiger partial charge in [-0.3, -0.25) is 4.79 Å². The molecule has 1 aromatic heterocycles. The lowest BCUT2D eigenvalue weighted by atomic mass is 10.1. The van der Waals surface area contributed by atoms with Crippen molar-refractivity contribution < 1.29 is 9.53 Å². The maximum Gasteiger partial charge on any atom is 0.246 e. The maximum atomic E-state index is 12.6. The SMILES string of the molecule is O=C(/C=C/c1cn(Cc2ccccc2)nn1)N1CCOC(c2ccccc2)C1. The fraction of sp³-hybridized carbons (Fsp3) is 0.227. The van der Waals surface area contributed by atoms with Crippen LogP contribution in [0, 0.1) is 0 Å². The Balaban J connectivity index is 1.36. The summed E-state index contributed by atoms with van der Waals surface area (Å²) in [6, 6.07) is 20.1. The Bertz CT molecular complexity index is 937. The molecule has 2 aromatic carbocycles. The normalized spacial score (nSPS) is 17.1. The second-order valence-electron chi connectivity index (χ2n) is 6.71. The van der Waals surface area contributed by atoms with Gasteiger partial charge in [0.2, 0.25) is 5.91 Å². The van der Waals surface area contributed by atoms with E-state index in [1.807, 2.05) is 71.8 Å². The van der Waals surface area contributed by atoms with Crippen LogP contribution in [-0.4, -0.2) is 45.5 Å². The summed E-state index contributed by atoms with van der Waals surface area (Å²) in [7, 11) is 0. The number of hydrogen-bond acceptors (Lipinski definition) is 4. The number of nitrogens with zero attached hydrogens (tertiary/aromatic N) is 4.